The van der Waals surface area contributed by atoms with Crippen molar-refractivity contribution in [3.05, 3.63) is 72.8 Å². The summed E-state index contributed by atoms with van der Waals surface area (Å²) in [5.74, 6) is -0.289. The molecule has 0 aliphatic carbocycles. The molecular weight excluding hydrogens is 351 g/mol. The smallest absolute Gasteiger partial charge is 0.175 e. The third-order valence-corrected chi connectivity index (χ3v) is 5.39. The van der Waals surface area contributed by atoms with Gasteiger partial charge in [-0.05, 0) is 41.5 Å². The number of hydrogen-bond acceptors (Lipinski definition) is 3. The van der Waals surface area contributed by atoms with Gasteiger partial charge < -0.3 is 4.98 Å². The number of aromatic nitrogens is 2. The zero-order chi connectivity index (χ0) is 18.3. The first-order valence-electron chi connectivity index (χ1n) is 7.95. The average molecular weight is 366 g/mol. The summed E-state index contributed by atoms with van der Waals surface area (Å²) in [6.07, 6.45) is 4.73. The number of fused-ring (bicyclic) bond motifs is 1. The maximum absolute atomic E-state index is 13.2. The molecule has 0 fully saturated rings. The highest BCUT2D eigenvalue weighted by molar-refractivity contribution is 7.90. The minimum Gasteiger partial charge on any atom is -0.346 e. The molecule has 2 heterocycles. The van der Waals surface area contributed by atoms with Crippen LogP contribution in [0.4, 0.5) is 4.39 Å². The number of pyridine rings is 1. The molecule has 0 radical (unpaired) electrons. The first-order valence-corrected chi connectivity index (χ1v) is 9.84. The van der Waals surface area contributed by atoms with Gasteiger partial charge >= 0.3 is 0 Å². The Morgan fingerprint density at radius 2 is 1.73 bits per heavy atom. The predicted octanol–water partition coefficient (Wildman–Crippen LogP) is 4.44. The fourth-order valence-corrected chi connectivity index (χ4v) is 3.60. The maximum Gasteiger partial charge on any atom is 0.175 e. The van der Waals surface area contributed by atoms with Gasteiger partial charge in [-0.2, -0.15) is 0 Å². The van der Waals surface area contributed by atoms with Gasteiger partial charge in [0.05, 0.1) is 4.90 Å². The van der Waals surface area contributed by atoms with Crippen LogP contribution in [0.3, 0.4) is 0 Å². The third kappa shape index (κ3) is 2.99. The van der Waals surface area contributed by atoms with Gasteiger partial charge in [-0.25, -0.2) is 17.8 Å². The van der Waals surface area contributed by atoms with Crippen molar-refractivity contribution in [2.75, 3.05) is 6.26 Å². The molecule has 0 aliphatic rings. The summed E-state index contributed by atoms with van der Waals surface area (Å²) >= 11 is 0. The first kappa shape index (κ1) is 16.5. The number of benzene rings is 2. The lowest BCUT2D eigenvalue weighted by atomic mass is 10.0. The van der Waals surface area contributed by atoms with E-state index in [9.17, 15) is 12.8 Å². The van der Waals surface area contributed by atoms with Crippen molar-refractivity contribution >= 4 is 20.9 Å². The molecular formula is C20H15FN2O2S. The average Bonchev–Trinajstić information content (AvgIpc) is 3.05. The van der Waals surface area contributed by atoms with Gasteiger partial charge in [0.15, 0.2) is 9.84 Å². The van der Waals surface area contributed by atoms with Crippen LogP contribution < -0.4 is 0 Å². The van der Waals surface area contributed by atoms with E-state index in [0.717, 1.165) is 27.6 Å². The molecule has 0 spiro atoms. The van der Waals surface area contributed by atoms with E-state index in [1.165, 1.54) is 18.4 Å². The van der Waals surface area contributed by atoms with Crippen LogP contribution in [-0.2, 0) is 9.84 Å². The normalized spacial score (nSPS) is 11.8. The van der Waals surface area contributed by atoms with Crippen molar-refractivity contribution in [2.24, 2.45) is 0 Å². The quantitative estimate of drug-likeness (QED) is 0.583. The second kappa shape index (κ2) is 6.07. The Morgan fingerprint density at radius 1 is 0.962 bits per heavy atom. The van der Waals surface area contributed by atoms with Crippen molar-refractivity contribution in [2.45, 2.75) is 4.90 Å². The van der Waals surface area contributed by atoms with Crippen LogP contribution in [0.1, 0.15) is 0 Å². The fourth-order valence-electron chi connectivity index (χ4n) is 2.94. The van der Waals surface area contributed by atoms with E-state index in [4.69, 9.17) is 0 Å². The number of sulfone groups is 1. The van der Waals surface area contributed by atoms with E-state index >= 15 is 0 Å². The minimum absolute atomic E-state index is 0.270. The van der Waals surface area contributed by atoms with Crippen molar-refractivity contribution in [1.29, 1.82) is 0 Å². The summed E-state index contributed by atoms with van der Waals surface area (Å²) in [4.78, 5) is 7.81. The summed E-state index contributed by atoms with van der Waals surface area (Å²) in [6.45, 7) is 0. The molecule has 0 unspecified atom stereocenters. The molecule has 130 valence electrons. The summed E-state index contributed by atoms with van der Waals surface area (Å²) in [7, 11) is -3.29. The second-order valence-corrected chi connectivity index (χ2v) is 8.15. The Kier molecular flexibility index (Phi) is 3.85. The molecule has 4 rings (SSSR count). The number of halogens is 1. The summed E-state index contributed by atoms with van der Waals surface area (Å²) in [6, 6.07) is 15.0. The molecule has 26 heavy (non-hydrogen) atoms. The molecule has 0 saturated heterocycles. The van der Waals surface area contributed by atoms with Crippen LogP contribution in [0.5, 0.6) is 0 Å². The zero-order valence-corrected chi connectivity index (χ0v) is 14.7. The summed E-state index contributed by atoms with van der Waals surface area (Å²) < 4.78 is 36.8. The highest BCUT2D eigenvalue weighted by Gasteiger charge is 2.12. The minimum atomic E-state index is -3.29. The Bertz CT molecular complexity index is 1210. The lowest BCUT2D eigenvalue weighted by Gasteiger charge is -2.05. The molecule has 2 aromatic heterocycles. The van der Waals surface area contributed by atoms with Crippen molar-refractivity contribution in [1.82, 2.24) is 9.97 Å². The first-order chi connectivity index (χ1) is 12.4. The van der Waals surface area contributed by atoms with Gasteiger partial charge in [-0.15, -0.1) is 0 Å². The number of nitrogens with one attached hydrogen (secondary N) is 1. The maximum atomic E-state index is 13.2. The van der Waals surface area contributed by atoms with Crippen LogP contribution in [0, 0.1) is 5.82 Å². The zero-order valence-electron chi connectivity index (χ0n) is 13.9. The van der Waals surface area contributed by atoms with Gasteiger partial charge in [0.2, 0.25) is 0 Å². The van der Waals surface area contributed by atoms with Gasteiger partial charge in [0.1, 0.15) is 11.5 Å². The van der Waals surface area contributed by atoms with Crippen LogP contribution in [0.25, 0.3) is 33.3 Å². The highest BCUT2D eigenvalue weighted by atomic mass is 32.2. The molecule has 4 aromatic rings. The van der Waals surface area contributed by atoms with E-state index in [2.05, 4.69) is 9.97 Å². The van der Waals surface area contributed by atoms with Crippen LogP contribution in [0.15, 0.2) is 71.9 Å². The fraction of sp³-hybridized carbons (Fsp3) is 0.0500. The van der Waals surface area contributed by atoms with Crippen molar-refractivity contribution in [3.8, 4) is 22.3 Å². The summed E-state index contributed by atoms with van der Waals surface area (Å²) in [5, 5.41) is 0.873. The SMILES string of the molecule is CS(=O)(=O)c1cccc(-c2c[nH]c3ncc(-c4ccc(F)cc4)cc23)c1. The third-order valence-electron chi connectivity index (χ3n) is 4.28. The largest absolute Gasteiger partial charge is 0.346 e. The Hall–Kier alpha value is -2.99. The van der Waals surface area contributed by atoms with Gasteiger partial charge in [0, 0.05) is 35.2 Å². The highest BCUT2D eigenvalue weighted by Crippen LogP contribution is 2.32. The van der Waals surface area contributed by atoms with Gasteiger partial charge in [-0.3, -0.25) is 0 Å². The van der Waals surface area contributed by atoms with E-state index in [-0.39, 0.29) is 10.7 Å². The second-order valence-electron chi connectivity index (χ2n) is 6.13. The number of aromatic amines is 1. The number of nitrogens with zero attached hydrogens (tertiary/aromatic N) is 1. The molecule has 1 N–H and O–H groups in total. The van der Waals surface area contributed by atoms with E-state index in [1.807, 2.05) is 18.3 Å². The van der Waals surface area contributed by atoms with E-state index in [0.29, 0.717) is 5.65 Å². The molecule has 0 saturated carbocycles. The molecule has 2 aromatic carbocycles. The predicted molar refractivity (Wildman–Crippen MR) is 100 cm³/mol. The van der Waals surface area contributed by atoms with E-state index < -0.39 is 9.84 Å². The van der Waals surface area contributed by atoms with Crippen LogP contribution in [-0.4, -0.2) is 24.6 Å². The molecule has 6 heteroatoms. The van der Waals surface area contributed by atoms with Crippen LogP contribution >= 0.6 is 0 Å². The lowest BCUT2D eigenvalue weighted by Crippen LogP contribution is -1.96. The monoisotopic (exact) mass is 366 g/mol. The standard InChI is InChI=1S/C20H15FN2O2S/c1-26(24,25)17-4-2-3-14(9-17)19-12-23-20-18(19)10-15(11-22-20)13-5-7-16(21)8-6-13/h2-12H,1H3,(H,22,23). The number of hydrogen-bond donors (Lipinski definition) is 1. The molecule has 0 atom stereocenters. The Balaban J connectivity index is 1.87. The molecule has 0 amide bonds. The topological polar surface area (TPSA) is 62.8 Å². The number of H-pyrrole nitrogens is 1. The van der Waals surface area contributed by atoms with Crippen LogP contribution in [0.2, 0.25) is 0 Å². The lowest BCUT2D eigenvalue weighted by molar-refractivity contribution is 0.602. The van der Waals surface area contributed by atoms with Crippen molar-refractivity contribution < 1.29 is 12.8 Å². The molecule has 4 nitrogen and oxygen atoms in total. The summed E-state index contributed by atoms with van der Waals surface area (Å²) in [5.41, 5.74) is 4.07. The Morgan fingerprint density at radius 3 is 2.46 bits per heavy atom. The Labute approximate surface area is 150 Å². The van der Waals surface area contributed by atoms with Crippen molar-refractivity contribution in [3.63, 3.8) is 0 Å². The van der Waals surface area contributed by atoms with Gasteiger partial charge in [-0.1, -0.05) is 24.3 Å². The number of rotatable bonds is 3. The molecule has 0 aliphatic heterocycles. The molecule has 0 bridgehead atoms. The van der Waals surface area contributed by atoms with Gasteiger partial charge in [0.25, 0.3) is 0 Å². The van der Waals surface area contributed by atoms with E-state index in [1.54, 1.807) is 36.5 Å².